The first kappa shape index (κ1) is 16.3. The maximum absolute atomic E-state index is 12.8. The predicted octanol–water partition coefficient (Wildman–Crippen LogP) is 3.81. The largest absolute Gasteiger partial charge is 0.435 e. The number of nitrogen functional groups attached to an aromatic ring is 1. The Kier molecular flexibility index (Phi) is 3.90. The fourth-order valence-electron chi connectivity index (χ4n) is 1.48. The van der Waals surface area contributed by atoms with E-state index in [1.807, 2.05) is 0 Å². The van der Waals surface area contributed by atoms with E-state index in [1.165, 1.54) is 0 Å². The van der Waals surface area contributed by atoms with Gasteiger partial charge in [-0.1, -0.05) is 11.6 Å². The van der Waals surface area contributed by atoms with Crippen molar-refractivity contribution >= 4 is 17.3 Å². The molecule has 0 spiro atoms. The van der Waals surface area contributed by atoms with Crippen molar-refractivity contribution < 1.29 is 26.3 Å². The number of anilines is 1. The van der Waals surface area contributed by atoms with Crippen LogP contribution in [-0.2, 0) is 12.4 Å². The molecule has 0 fully saturated rings. The van der Waals surface area contributed by atoms with E-state index in [1.54, 1.807) is 0 Å². The molecule has 0 unspecified atom stereocenters. The van der Waals surface area contributed by atoms with Crippen LogP contribution >= 0.6 is 11.6 Å². The summed E-state index contributed by atoms with van der Waals surface area (Å²) < 4.78 is 75.4. The first-order chi connectivity index (χ1) is 10.00. The normalized spacial score (nSPS) is 12.5. The molecule has 2 aromatic heterocycles. The van der Waals surface area contributed by atoms with Crippen molar-refractivity contribution in [2.75, 3.05) is 5.73 Å². The minimum absolute atomic E-state index is 0.166. The lowest BCUT2D eigenvalue weighted by Gasteiger charge is -2.12. The van der Waals surface area contributed by atoms with Crippen molar-refractivity contribution in [1.29, 1.82) is 0 Å². The van der Waals surface area contributed by atoms with Gasteiger partial charge in [-0.3, -0.25) is 4.98 Å². The smallest absolute Gasteiger partial charge is 0.394 e. The monoisotopic (exact) mass is 342 g/mol. The van der Waals surface area contributed by atoms with Gasteiger partial charge in [-0.15, -0.1) is 0 Å². The summed E-state index contributed by atoms with van der Waals surface area (Å²) in [6.45, 7) is 0. The number of hydrogen-bond acceptors (Lipinski definition) is 4. The Balaban J connectivity index is 2.52. The molecule has 118 valence electrons. The fraction of sp³-hybridized carbons (Fsp3) is 0.182. The highest BCUT2D eigenvalue weighted by atomic mass is 35.5. The van der Waals surface area contributed by atoms with Gasteiger partial charge >= 0.3 is 12.4 Å². The van der Waals surface area contributed by atoms with Crippen LogP contribution in [0.25, 0.3) is 11.4 Å². The second-order valence-corrected chi connectivity index (χ2v) is 4.39. The van der Waals surface area contributed by atoms with E-state index >= 15 is 0 Å². The van der Waals surface area contributed by atoms with Crippen LogP contribution in [0.5, 0.6) is 0 Å². The van der Waals surface area contributed by atoms with Gasteiger partial charge in [0, 0.05) is 11.8 Å². The third kappa shape index (κ3) is 3.21. The van der Waals surface area contributed by atoms with Gasteiger partial charge in [0.15, 0.2) is 16.7 Å². The van der Waals surface area contributed by atoms with Gasteiger partial charge in [-0.05, 0) is 12.1 Å². The predicted molar refractivity (Wildman–Crippen MR) is 64.7 cm³/mol. The average molecular weight is 343 g/mol. The molecule has 22 heavy (non-hydrogen) atoms. The van der Waals surface area contributed by atoms with Crippen LogP contribution in [0.4, 0.5) is 32.0 Å². The van der Waals surface area contributed by atoms with Crippen molar-refractivity contribution in [3.8, 4) is 11.4 Å². The lowest BCUT2D eigenvalue weighted by Crippen LogP contribution is -2.14. The summed E-state index contributed by atoms with van der Waals surface area (Å²) in [5.41, 5.74) is 1.46. The second-order valence-electron chi connectivity index (χ2n) is 4.03. The molecule has 11 heteroatoms. The van der Waals surface area contributed by atoms with Gasteiger partial charge in [0.05, 0.1) is 0 Å². The van der Waals surface area contributed by atoms with Crippen LogP contribution in [0.1, 0.15) is 11.4 Å². The summed E-state index contributed by atoms with van der Waals surface area (Å²) in [6.07, 6.45) is -8.86. The van der Waals surface area contributed by atoms with E-state index in [9.17, 15) is 26.3 Å². The lowest BCUT2D eigenvalue weighted by molar-refractivity contribution is -0.141. The minimum atomic E-state index is -4.88. The Morgan fingerprint density at radius 2 is 1.59 bits per heavy atom. The molecule has 4 nitrogen and oxygen atoms in total. The topological polar surface area (TPSA) is 64.7 Å². The third-order valence-electron chi connectivity index (χ3n) is 2.48. The summed E-state index contributed by atoms with van der Waals surface area (Å²) in [7, 11) is 0. The summed E-state index contributed by atoms with van der Waals surface area (Å²) in [5.74, 6) is -0.534. The Bertz CT molecular complexity index is 695. The van der Waals surface area contributed by atoms with E-state index in [0.717, 1.165) is 6.07 Å². The highest BCUT2D eigenvalue weighted by Crippen LogP contribution is 2.36. The highest BCUT2D eigenvalue weighted by Gasteiger charge is 2.37. The molecule has 0 atom stereocenters. The minimum Gasteiger partial charge on any atom is -0.394 e. The SMILES string of the molecule is Nc1c(Cl)nc(-c2ccc(C(F)(F)F)nc2)nc1C(F)(F)F. The van der Waals surface area contributed by atoms with E-state index in [2.05, 4.69) is 15.0 Å². The number of aromatic nitrogens is 3. The van der Waals surface area contributed by atoms with Crippen molar-refractivity contribution in [3.05, 3.63) is 34.9 Å². The second kappa shape index (κ2) is 5.27. The summed E-state index contributed by atoms with van der Waals surface area (Å²) >= 11 is 5.50. The molecule has 0 aliphatic rings. The zero-order valence-electron chi connectivity index (χ0n) is 10.3. The molecule has 0 aliphatic carbocycles. The summed E-state index contributed by atoms with van der Waals surface area (Å²) in [5, 5.41) is -0.655. The molecular weight excluding hydrogens is 338 g/mol. The van der Waals surface area contributed by atoms with Gasteiger partial charge in [0.2, 0.25) is 0 Å². The number of nitrogens with zero attached hydrogens (tertiary/aromatic N) is 3. The fourth-order valence-corrected chi connectivity index (χ4v) is 1.65. The molecular formula is C11H5ClF6N4. The van der Waals surface area contributed by atoms with Gasteiger partial charge < -0.3 is 5.73 Å². The maximum Gasteiger partial charge on any atom is 0.435 e. The molecule has 2 rings (SSSR count). The van der Waals surface area contributed by atoms with Crippen molar-refractivity contribution in [2.45, 2.75) is 12.4 Å². The Morgan fingerprint density at radius 3 is 2.05 bits per heavy atom. The third-order valence-corrected chi connectivity index (χ3v) is 2.77. The van der Waals surface area contributed by atoms with Crippen LogP contribution < -0.4 is 5.73 Å². The van der Waals surface area contributed by atoms with Gasteiger partial charge in [0.25, 0.3) is 0 Å². The molecule has 2 aromatic rings. The van der Waals surface area contributed by atoms with E-state index in [4.69, 9.17) is 17.3 Å². The van der Waals surface area contributed by atoms with Gasteiger partial charge in [-0.2, -0.15) is 26.3 Å². The first-order valence-corrected chi connectivity index (χ1v) is 5.82. The Labute approximate surface area is 124 Å². The molecule has 0 bridgehead atoms. The van der Waals surface area contributed by atoms with E-state index in [-0.39, 0.29) is 5.56 Å². The molecule has 0 aromatic carbocycles. The first-order valence-electron chi connectivity index (χ1n) is 5.44. The van der Waals surface area contributed by atoms with Crippen molar-refractivity contribution in [2.24, 2.45) is 0 Å². The molecule has 0 radical (unpaired) electrons. The summed E-state index contributed by atoms with van der Waals surface area (Å²) in [4.78, 5) is 9.83. The van der Waals surface area contributed by atoms with Crippen LogP contribution in [0.3, 0.4) is 0 Å². The highest BCUT2D eigenvalue weighted by molar-refractivity contribution is 6.32. The molecule has 0 amide bonds. The molecule has 0 aliphatic heterocycles. The summed E-state index contributed by atoms with van der Waals surface area (Å²) in [6, 6.07) is 1.48. The van der Waals surface area contributed by atoms with Crippen molar-refractivity contribution in [3.63, 3.8) is 0 Å². The number of halogens is 7. The van der Waals surface area contributed by atoms with Crippen LogP contribution in [0.15, 0.2) is 18.3 Å². The number of hydrogen-bond donors (Lipinski definition) is 1. The van der Waals surface area contributed by atoms with Crippen LogP contribution in [-0.4, -0.2) is 15.0 Å². The van der Waals surface area contributed by atoms with E-state index < -0.39 is 40.4 Å². The van der Waals surface area contributed by atoms with Crippen molar-refractivity contribution in [1.82, 2.24) is 15.0 Å². The zero-order chi connectivity index (χ0) is 16.7. The Morgan fingerprint density at radius 1 is 0.955 bits per heavy atom. The molecule has 0 saturated heterocycles. The van der Waals surface area contributed by atoms with E-state index in [0.29, 0.717) is 12.3 Å². The number of alkyl halides is 6. The molecule has 2 heterocycles. The number of pyridine rings is 1. The van der Waals surface area contributed by atoms with Crippen LogP contribution in [0.2, 0.25) is 5.15 Å². The molecule has 2 N–H and O–H groups in total. The number of rotatable bonds is 1. The molecule has 0 saturated carbocycles. The number of nitrogens with two attached hydrogens (primary N) is 1. The van der Waals surface area contributed by atoms with Crippen LogP contribution in [0, 0.1) is 0 Å². The zero-order valence-corrected chi connectivity index (χ0v) is 11.1. The Hall–Kier alpha value is -2.10. The van der Waals surface area contributed by atoms with Gasteiger partial charge in [0.1, 0.15) is 11.4 Å². The van der Waals surface area contributed by atoms with Gasteiger partial charge in [-0.25, -0.2) is 9.97 Å². The maximum atomic E-state index is 12.8. The average Bonchev–Trinajstić information content (AvgIpc) is 2.39. The lowest BCUT2D eigenvalue weighted by atomic mass is 10.2. The standard InChI is InChI=1S/C11H5ClF6N4/c12-8-6(19)7(11(16,17)18)21-9(22-8)4-1-2-5(20-3-4)10(13,14)15/h1-3H,19H2. The quantitative estimate of drug-likeness (QED) is 0.632.